The predicted octanol–water partition coefficient (Wildman–Crippen LogP) is 2.39. The lowest BCUT2D eigenvalue weighted by molar-refractivity contribution is -0.383. The zero-order valence-electron chi connectivity index (χ0n) is 13.5. The van der Waals surface area contributed by atoms with E-state index in [1.807, 2.05) is 25.7 Å². The lowest BCUT2D eigenvalue weighted by Crippen LogP contribution is -2.59. The minimum Gasteiger partial charge on any atom is -0.465 e. The van der Waals surface area contributed by atoms with Gasteiger partial charge in [0.1, 0.15) is 5.69 Å². The topological polar surface area (TPSA) is 113 Å². The quantitative estimate of drug-likeness (QED) is 0.491. The molecular formula is C15H22N4O4. The van der Waals surface area contributed by atoms with Gasteiger partial charge in [-0.2, -0.15) is 0 Å². The molecule has 1 unspecified atom stereocenters. The number of nitro benzene ring substituents is 1. The first-order valence-corrected chi connectivity index (χ1v) is 7.39. The summed E-state index contributed by atoms with van der Waals surface area (Å²) in [5.41, 5.74) is 6.30. The van der Waals surface area contributed by atoms with Gasteiger partial charge in [0.25, 0.3) is 5.69 Å². The molecule has 0 saturated carbocycles. The molecule has 1 fully saturated rings. The summed E-state index contributed by atoms with van der Waals surface area (Å²) in [5, 5.41) is 20.2. The molecule has 0 radical (unpaired) electrons. The van der Waals surface area contributed by atoms with E-state index in [-0.39, 0.29) is 22.8 Å². The molecule has 1 amide bonds. The van der Waals surface area contributed by atoms with Crippen molar-refractivity contribution in [3.63, 3.8) is 0 Å². The van der Waals surface area contributed by atoms with Gasteiger partial charge in [0.2, 0.25) is 0 Å². The van der Waals surface area contributed by atoms with Crippen LogP contribution in [0.25, 0.3) is 0 Å². The number of piperazine rings is 1. The van der Waals surface area contributed by atoms with Crippen molar-refractivity contribution < 1.29 is 14.8 Å². The Morgan fingerprint density at radius 1 is 1.39 bits per heavy atom. The second kappa shape index (κ2) is 5.94. The molecule has 8 nitrogen and oxygen atoms in total. The maximum absolute atomic E-state index is 11.4. The molecule has 8 heteroatoms. The van der Waals surface area contributed by atoms with Crippen LogP contribution in [0.3, 0.4) is 0 Å². The fourth-order valence-corrected chi connectivity index (χ4v) is 2.89. The molecule has 2 rings (SSSR count). The summed E-state index contributed by atoms with van der Waals surface area (Å²) in [7, 11) is 0. The van der Waals surface area contributed by atoms with E-state index in [0.29, 0.717) is 19.6 Å². The Labute approximate surface area is 134 Å². The molecule has 1 atom stereocenters. The largest absolute Gasteiger partial charge is 0.465 e. The highest BCUT2D eigenvalue weighted by Crippen LogP contribution is 2.32. The average Bonchev–Trinajstić information content (AvgIpc) is 2.45. The van der Waals surface area contributed by atoms with E-state index in [4.69, 9.17) is 5.73 Å². The lowest BCUT2D eigenvalue weighted by Gasteiger charge is -2.46. The van der Waals surface area contributed by atoms with Crippen LogP contribution < -0.4 is 10.6 Å². The van der Waals surface area contributed by atoms with Crippen LogP contribution in [0.4, 0.5) is 21.9 Å². The van der Waals surface area contributed by atoms with Crippen molar-refractivity contribution in [2.45, 2.75) is 26.8 Å². The van der Waals surface area contributed by atoms with Crippen molar-refractivity contribution in [1.29, 1.82) is 0 Å². The van der Waals surface area contributed by atoms with E-state index >= 15 is 0 Å². The Kier molecular flexibility index (Phi) is 4.35. The number of benzene rings is 1. The molecule has 0 bridgehead atoms. The number of nitrogen functional groups attached to an aromatic ring is 1. The third-order valence-corrected chi connectivity index (χ3v) is 4.20. The molecule has 1 aliphatic rings. The van der Waals surface area contributed by atoms with Crippen molar-refractivity contribution in [3.05, 3.63) is 28.3 Å². The highest BCUT2D eigenvalue weighted by atomic mass is 16.6. The normalized spacial score (nSPS) is 18.8. The molecule has 3 N–H and O–H groups in total. The monoisotopic (exact) mass is 322 g/mol. The van der Waals surface area contributed by atoms with Crippen LogP contribution in [0.15, 0.2) is 18.2 Å². The Morgan fingerprint density at radius 2 is 2.04 bits per heavy atom. The van der Waals surface area contributed by atoms with Crippen LogP contribution >= 0.6 is 0 Å². The van der Waals surface area contributed by atoms with E-state index in [0.717, 1.165) is 5.69 Å². The van der Waals surface area contributed by atoms with Gasteiger partial charge >= 0.3 is 6.09 Å². The van der Waals surface area contributed by atoms with Gasteiger partial charge in [0.05, 0.1) is 11.0 Å². The van der Waals surface area contributed by atoms with Crippen molar-refractivity contribution in [3.8, 4) is 0 Å². The van der Waals surface area contributed by atoms with E-state index < -0.39 is 11.0 Å². The molecule has 0 spiro atoms. The number of nitro groups is 1. The Morgan fingerprint density at radius 3 is 2.52 bits per heavy atom. The third-order valence-electron chi connectivity index (χ3n) is 4.20. The van der Waals surface area contributed by atoms with Gasteiger partial charge in [-0.15, -0.1) is 0 Å². The number of hydrogen-bond acceptors (Lipinski definition) is 5. The van der Waals surface area contributed by atoms with Gasteiger partial charge in [-0.3, -0.25) is 10.1 Å². The summed E-state index contributed by atoms with van der Waals surface area (Å²) >= 11 is 0. The second-order valence-corrected chi connectivity index (χ2v) is 6.80. The van der Waals surface area contributed by atoms with Crippen LogP contribution in [-0.4, -0.2) is 46.7 Å². The van der Waals surface area contributed by atoms with Gasteiger partial charge in [-0.25, -0.2) is 4.79 Å². The number of amides is 1. The number of hydrogen-bond donors (Lipinski definition) is 2. The zero-order chi connectivity index (χ0) is 17.4. The summed E-state index contributed by atoms with van der Waals surface area (Å²) in [5.74, 6) is 0. The first kappa shape index (κ1) is 16.9. The van der Waals surface area contributed by atoms with E-state index in [2.05, 4.69) is 0 Å². The molecule has 126 valence electrons. The van der Waals surface area contributed by atoms with E-state index in [1.165, 1.54) is 11.0 Å². The van der Waals surface area contributed by atoms with Crippen LogP contribution in [-0.2, 0) is 0 Å². The highest BCUT2D eigenvalue weighted by Gasteiger charge is 2.38. The molecule has 23 heavy (non-hydrogen) atoms. The van der Waals surface area contributed by atoms with Crippen LogP contribution in [0.1, 0.15) is 20.8 Å². The van der Waals surface area contributed by atoms with Crippen LogP contribution in [0.2, 0.25) is 0 Å². The Balaban J connectivity index is 2.27. The zero-order valence-corrected chi connectivity index (χ0v) is 13.5. The molecule has 0 aliphatic carbocycles. The summed E-state index contributed by atoms with van der Waals surface area (Å²) in [6.45, 7) is 7.43. The number of anilines is 2. The van der Waals surface area contributed by atoms with Crippen molar-refractivity contribution in [2.75, 3.05) is 30.3 Å². The maximum Gasteiger partial charge on any atom is 0.407 e. The smallest absolute Gasteiger partial charge is 0.407 e. The molecule has 1 aliphatic heterocycles. The Bertz CT molecular complexity index is 626. The fourth-order valence-electron chi connectivity index (χ4n) is 2.89. The first-order chi connectivity index (χ1) is 10.6. The van der Waals surface area contributed by atoms with E-state index in [1.54, 1.807) is 12.1 Å². The second-order valence-electron chi connectivity index (χ2n) is 6.80. The van der Waals surface area contributed by atoms with Gasteiger partial charge in [-0.1, -0.05) is 20.8 Å². The van der Waals surface area contributed by atoms with Gasteiger partial charge in [0, 0.05) is 31.4 Å². The number of nitrogens with zero attached hydrogens (tertiary/aromatic N) is 3. The van der Waals surface area contributed by atoms with Gasteiger partial charge in [0.15, 0.2) is 0 Å². The van der Waals surface area contributed by atoms with E-state index in [9.17, 15) is 20.0 Å². The number of carbonyl (C=O) groups is 1. The fraction of sp³-hybridized carbons (Fsp3) is 0.533. The standard InChI is InChI=1S/C15H22N4O4/c1-15(2,3)13-9-17(6-7-18(13)14(20)21)10-4-5-12(19(22)23)11(16)8-10/h4-5,8,13H,6-7,9,16H2,1-3H3,(H,20,21). The molecule has 1 aromatic carbocycles. The molecule has 1 heterocycles. The molecular weight excluding hydrogens is 300 g/mol. The lowest BCUT2D eigenvalue weighted by atomic mass is 9.84. The SMILES string of the molecule is CC(C)(C)C1CN(c2ccc([N+](=O)[O-])c(N)c2)CCN1C(=O)O. The predicted molar refractivity (Wildman–Crippen MR) is 87.7 cm³/mol. The number of nitrogens with two attached hydrogens (primary N) is 1. The summed E-state index contributed by atoms with van der Waals surface area (Å²) in [4.78, 5) is 25.3. The maximum atomic E-state index is 11.4. The van der Waals surface area contributed by atoms with Crippen LogP contribution in [0.5, 0.6) is 0 Å². The molecule has 1 saturated heterocycles. The average molecular weight is 322 g/mol. The number of rotatable bonds is 2. The van der Waals surface area contributed by atoms with Crippen LogP contribution in [0, 0.1) is 15.5 Å². The molecule has 1 aromatic rings. The van der Waals surface area contributed by atoms with Gasteiger partial charge in [-0.05, 0) is 17.5 Å². The van der Waals surface area contributed by atoms with Crippen molar-refractivity contribution in [1.82, 2.24) is 4.90 Å². The minimum atomic E-state index is -0.923. The van der Waals surface area contributed by atoms with Gasteiger partial charge < -0.3 is 20.6 Å². The highest BCUT2D eigenvalue weighted by molar-refractivity contribution is 5.68. The molecule has 0 aromatic heterocycles. The first-order valence-electron chi connectivity index (χ1n) is 7.39. The summed E-state index contributed by atoms with van der Waals surface area (Å²) < 4.78 is 0. The minimum absolute atomic E-state index is 0.112. The number of carboxylic acid groups (broad SMARTS) is 1. The third kappa shape index (κ3) is 3.46. The van der Waals surface area contributed by atoms with Crippen molar-refractivity contribution >= 4 is 23.2 Å². The Hall–Kier alpha value is -2.51. The summed E-state index contributed by atoms with van der Waals surface area (Å²) in [6, 6.07) is 4.45. The van der Waals surface area contributed by atoms with Crippen molar-refractivity contribution in [2.24, 2.45) is 5.41 Å². The summed E-state index contributed by atoms with van der Waals surface area (Å²) in [6.07, 6.45) is -0.923.